The number of amides is 2. The summed E-state index contributed by atoms with van der Waals surface area (Å²) in [4.78, 5) is 28.9. The molecular weight excluding hydrogens is 328 g/mol. The van der Waals surface area contributed by atoms with Gasteiger partial charge in [0.05, 0.1) is 0 Å². The molecule has 2 aromatic carbocycles. The number of likely N-dealkylation sites (N-methyl/N-ethyl adjacent to an activating group) is 2. The van der Waals surface area contributed by atoms with Crippen LogP contribution in [0.4, 0.5) is 11.4 Å². The van der Waals surface area contributed by atoms with E-state index in [4.69, 9.17) is 11.5 Å². The molecule has 1 heterocycles. The Kier molecular flexibility index (Phi) is 4.84. The van der Waals surface area contributed by atoms with Gasteiger partial charge in [-0.15, -0.1) is 0 Å². The van der Waals surface area contributed by atoms with Crippen molar-refractivity contribution in [3.63, 3.8) is 0 Å². The van der Waals surface area contributed by atoms with Gasteiger partial charge in [0.25, 0.3) is 0 Å². The molecule has 1 fully saturated rings. The molecule has 2 aromatic rings. The minimum atomic E-state index is -0.501. The number of hydrogen-bond donors (Lipinski definition) is 2. The standard InChI is InChI=1S/C20H24N4O2/c1-23-17(11-13-3-7-15(21)8-4-13)20(26)24(2)18(19(23)25)12-14-5-9-16(22)10-6-14/h3-10,17-18H,11-12,21-22H2,1-2H3. The number of carbonyl (C=O) groups excluding carboxylic acids is 2. The van der Waals surface area contributed by atoms with Crippen LogP contribution in [-0.4, -0.2) is 47.8 Å². The van der Waals surface area contributed by atoms with Crippen LogP contribution >= 0.6 is 0 Å². The summed E-state index contributed by atoms with van der Waals surface area (Å²) in [6, 6.07) is 13.8. The Bertz CT molecular complexity index is 732. The van der Waals surface area contributed by atoms with E-state index in [-0.39, 0.29) is 11.8 Å². The number of piperazine rings is 1. The first-order chi connectivity index (χ1) is 12.4. The summed E-state index contributed by atoms with van der Waals surface area (Å²) in [6.45, 7) is 0. The van der Waals surface area contributed by atoms with Crippen LogP contribution in [0, 0.1) is 0 Å². The summed E-state index contributed by atoms with van der Waals surface area (Å²) in [6.07, 6.45) is 0.945. The minimum absolute atomic E-state index is 0.0515. The van der Waals surface area contributed by atoms with Gasteiger partial charge in [0, 0.05) is 38.3 Å². The van der Waals surface area contributed by atoms with Gasteiger partial charge in [-0.25, -0.2) is 0 Å². The average molecular weight is 352 g/mol. The predicted octanol–water partition coefficient (Wildman–Crippen LogP) is 1.30. The highest BCUT2D eigenvalue weighted by Crippen LogP contribution is 2.22. The van der Waals surface area contributed by atoms with Gasteiger partial charge in [-0.2, -0.15) is 0 Å². The van der Waals surface area contributed by atoms with Gasteiger partial charge in [-0.3, -0.25) is 9.59 Å². The Hall–Kier alpha value is -3.02. The highest BCUT2D eigenvalue weighted by Gasteiger charge is 2.42. The zero-order valence-electron chi connectivity index (χ0n) is 15.1. The number of rotatable bonds is 4. The summed E-state index contributed by atoms with van der Waals surface area (Å²) in [5.41, 5.74) is 14.7. The largest absolute Gasteiger partial charge is 0.399 e. The molecule has 0 bridgehead atoms. The summed E-state index contributed by atoms with van der Waals surface area (Å²) in [5, 5.41) is 0. The molecule has 136 valence electrons. The van der Waals surface area contributed by atoms with Crippen molar-refractivity contribution in [3.8, 4) is 0 Å². The number of hydrogen-bond acceptors (Lipinski definition) is 4. The number of carbonyl (C=O) groups is 2. The molecule has 6 heteroatoms. The Morgan fingerprint density at radius 3 is 1.31 bits per heavy atom. The lowest BCUT2D eigenvalue weighted by Gasteiger charge is -2.42. The summed E-state index contributed by atoms with van der Waals surface area (Å²) < 4.78 is 0. The van der Waals surface area contributed by atoms with Crippen molar-refractivity contribution in [3.05, 3.63) is 59.7 Å². The van der Waals surface area contributed by atoms with Crippen LogP contribution in [0.15, 0.2) is 48.5 Å². The van der Waals surface area contributed by atoms with Gasteiger partial charge in [0.1, 0.15) is 12.1 Å². The van der Waals surface area contributed by atoms with Crippen molar-refractivity contribution in [2.75, 3.05) is 25.6 Å². The molecule has 26 heavy (non-hydrogen) atoms. The van der Waals surface area contributed by atoms with E-state index in [9.17, 15) is 9.59 Å². The van der Waals surface area contributed by atoms with Gasteiger partial charge in [-0.05, 0) is 35.4 Å². The third kappa shape index (κ3) is 3.49. The lowest BCUT2D eigenvalue weighted by Crippen LogP contribution is -2.63. The quantitative estimate of drug-likeness (QED) is 0.811. The second kappa shape index (κ2) is 7.07. The fourth-order valence-electron chi connectivity index (χ4n) is 3.31. The average Bonchev–Trinajstić information content (AvgIpc) is 2.64. The summed E-state index contributed by atoms with van der Waals surface area (Å²) >= 11 is 0. The molecule has 6 nitrogen and oxygen atoms in total. The topological polar surface area (TPSA) is 92.7 Å². The third-order valence-electron chi connectivity index (χ3n) is 5.02. The third-order valence-corrected chi connectivity index (χ3v) is 5.02. The zero-order valence-corrected chi connectivity index (χ0v) is 15.1. The van der Waals surface area contributed by atoms with E-state index in [0.717, 1.165) is 11.1 Å². The van der Waals surface area contributed by atoms with E-state index in [0.29, 0.717) is 24.2 Å². The highest BCUT2D eigenvalue weighted by molar-refractivity contribution is 5.97. The fraction of sp³-hybridized carbons (Fsp3) is 0.300. The van der Waals surface area contributed by atoms with Crippen molar-refractivity contribution in [2.45, 2.75) is 24.9 Å². The van der Waals surface area contributed by atoms with Crippen LogP contribution < -0.4 is 11.5 Å². The SMILES string of the molecule is CN1C(=O)C(Cc2ccc(N)cc2)N(C)C(=O)C1Cc1ccc(N)cc1. The van der Waals surface area contributed by atoms with Crippen molar-refractivity contribution in [2.24, 2.45) is 0 Å². The van der Waals surface area contributed by atoms with Crippen LogP contribution in [0.3, 0.4) is 0 Å². The molecule has 1 saturated heterocycles. The maximum Gasteiger partial charge on any atom is 0.246 e. The number of nitrogens with two attached hydrogens (primary N) is 2. The molecule has 2 unspecified atom stereocenters. The first-order valence-electron chi connectivity index (χ1n) is 8.59. The van der Waals surface area contributed by atoms with E-state index < -0.39 is 12.1 Å². The number of nitrogens with zero attached hydrogens (tertiary/aromatic N) is 2. The molecule has 0 spiro atoms. The van der Waals surface area contributed by atoms with Crippen molar-refractivity contribution in [1.29, 1.82) is 0 Å². The van der Waals surface area contributed by atoms with Crippen molar-refractivity contribution >= 4 is 23.2 Å². The summed E-state index contributed by atoms with van der Waals surface area (Å²) in [7, 11) is 3.40. The second-order valence-corrected chi connectivity index (χ2v) is 6.82. The molecule has 3 rings (SSSR count). The fourth-order valence-corrected chi connectivity index (χ4v) is 3.31. The number of nitrogen functional groups attached to an aromatic ring is 2. The van der Waals surface area contributed by atoms with E-state index in [1.54, 1.807) is 48.2 Å². The molecule has 0 saturated carbocycles. The van der Waals surface area contributed by atoms with Crippen LogP contribution in [-0.2, 0) is 22.4 Å². The normalized spacial score (nSPS) is 20.5. The zero-order chi connectivity index (χ0) is 18.8. The van der Waals surface area contributed by atoms with Crippen molar-refractivity contribution < 1.29 is 9.59 Å². The summed E-state index contributed by atoms with van der Waals surface area (Å²) in [5.74, 6) is -0.103. The highest BCUT2D eigenvalue weighted by atomic mass is 16.2. The van der Waals surface area contributed by atoms with Gasteiger partial charge in [0.2, 0.25) is 11.8 Å². The monoisotopic (exact) mass is 352 g/mol. The molecule has 0 radical (unpaired) electrons. The van der Waals surface area contributed by atoms with Gasteiger partial charge >= 0.3 is 0 Å². The van der Waals surface area contributed by atoms with Crippen LogP contribution in [0.2, 0.25) is 0 Å². The lowest BCUT2D eigenvalue weighted by atomic mass is 9.95. The Balaban J connectivity index is 1.77. The Morgan fingerprint density at radius 1 is 0.692 bits per heavy atom. The van der Waals surface area contributed by atoms with E-state index in [1.807, 2.05) is 24.3 Å². The molecule has 0 aliphatic carbocycles. The Labute approximate surface area is 153 Å². The van der Waals surface area contributed by atoms with Crippen LogP contribution in [0.5, 0.6) is 0 Å². The Morgan fingerprint density at radius 2 is 1.00 bits per heavy atom. The van der Waals surface area contributed by atoms with E-state index >= 15 is 0 Å². The van der Waals surface area contributed by atoms with Crippen LogP contribution in [0.25, 0.3) is 0 Å². The lowest BCUT2D eigenvalue weighted by molar-refractivity contribution is -0.158. The second-order valence-electron chi connectivity index (χ2n) is 6.82. The molecule has 2 atom stereocenters. The molecule has 2 amide bonds. The smallest absolute Gasteiger partial charge is 0.246 e. The maximum absolute atomic E-state index is 12.9. The van der Waals surface area contributed by atoms with Gasteiger partial charge in [0.15, 0.2) is 0 Å². The van der Waals surface area contributed by atoms with Crippen molar-refractivity contribution in [1.82, 2.24) is 9.80 Å². The first kappa shape index (κ1) is 17.8. The van der Waals surface area contributed by atoms with Crippen LogP contribution in [0.1, 0.15) is 11.1 Å². The first-order valence-corrected chi connectivity index (χ1v) is 8.59. The maximum atomic E-state index is 12.9. The predicted molar refractivity (Wildman–Crippen MR) is 102 cm³/mol. The van der Waals surface area contributed by atoms with Gasteiger partial charge in [-0.1, -0.05) is 24.3 Å². The van der Waals surface area contributed by atoms with E-state index in [1.165, 1.54) is 0 Å². The number of anilines is 2. The van der Waals surface area contributed by atoms with Gasteiger partial charge < -0.3 is 21.3 Å². The molecule has 0 aromatic heterocycles. The van der Waals surface area contributed by atoms with E-state index in [2.05, 4.69) is 0 Å². The number of benzene rings is 2. The molecule has 4 N–H and O–H groups in total. The molecule has 1 aliphatic heterocycles. The minimum Gasteiger partial charge on any atom is -0.399 e. The molecule has 1 aliphatic rings. The molecular formula is C20H24N4O2.